The van der Waals surface area contributed by atoms with Crippen LogP contribution in [0.2, 0.25) is 0 Å². The van der Waals surface area contributed by atoms with Crippen LogP contribution in [0.25, 0.3) is 0 Å². The second-order valence-electron chi connectivity index (χ2n) is 12.0. The molecule has 1 aliphatic heterocycles. The fraction of sp³-hybridized carbons (Fsp3) is 0.222. The highest BCUT2D eigenvalue weighted by atomic mass is 16.5. The molecule has 0 radical (unpaired) electrons. The molecule has 3 aromatic carbocycles. The van der Waals surface area contributed by atoms with Crippen molar-refractivity contribution in [3.63, 3.8) is 0 Å². The zero-order valence-electron chi connectivity index (χ0n) is 25.2. The number of anilines is 6. The first-order valence-electron chi connectivity index (χ1n) is 14.3. The minimum atomic E-state index is -0.00180. The van der Waals surface area contributed by atoms with Crippen molar-refractivity contribution in [2.45, 2.75) is 40.0 Å². The van der Waals surface area contributed by atoms with E-state index in [1.165, 1.54) is 28.1 Å². The molecule has 0 unspecified atom stereocenters. The van der Waals surface area contributed by atoms with Gasteiger partial charge in [0.05, 0.1) is 23.7 Å². The van der Waals surface area contributed by atoms with E-state index in [-0.39, 0.29) is 5.41 Å². The molecular formula is C36H37N5O. The summed E-state index contributed by atoms with van der Waals surface area (Å²) in [5.41, 5.74) is 9.06. The maximum Gasteiger partial charge on any atom is 0.221 e. The molecule has 0 N–H and O–H groups in total. The molecule has 0 saturated carbocycles. The van der Waals surface area contributed by atoms with Gasteiger partial charge < -0.3 is 14.5 Å². The van der Waals surface area contributed by atoms with Crippen LogP contribution in [0.15, 0.2) is 103 Å². The number of fused-ring (bicyclic) bond motifs is 1. The van der Waals surface area contributed by atoms with E-state index in [2.05, 4.69) is 128 Å². The highest BCUT2D eigenvalue weighted by Gasteiger charge is 2.24. The van der Waals surface area contributed by atoms with Gasteiger partial charge in [-0.25, -0.2) is 9.97 Å². The smallest absolute Gasteiger partial charge is 0.221 e. The van der Waals surface area contributed by atoms with E-state index in [1.54, 1.807) is 6.20 Å². The number of aryl methyl sites for hydroxylation is 2. The zero-order valence-corrected chi connectivity index (χ0v) is 25.2. The third-order valence-electron chi connectivity index (χ3n) is 7.57. The van der Waals surface area contributed by atoms with Gasteiger partial charge in [-0.15, -0.1) is 0 Å². The molecule has 212 valence electrons. The van der Waals surface area contributed by atoms with Gasteiger partial charge in [0.2, 0.25) is 5.88 Å². The Hall–Kier alpha value is -4.84. The highest BCUT2D eigenvalue weighted by Crippen LogP contribution is 2.41. The lowest BCUT2D eigenvalue weighted by atomic mass is 9.87. The Bertz CT molecular complexity index is 1720. The average molecular weight is 556 g/mol. The molecule has 3 heterocycles. The van der Waals surface area contributed by atoms with Gasteiger partial charge in [0.25, 0.3) is 0 Å². The van der Waals surface area contributed by atoms with E-state index < -0.39 is 0 Å². The van der Waals surface area contributed by atoms with Crippen LogP contribution in [0.1, 0.15) is 37.5 Å². The summed E-state index contributed by atoms with van der Waals surface area (Å²) in [4.78, 5) is 16.1. The molecule has 0 fully saturated rings. The standard InChI is InChI=1S/C36H37N5O/c1-25-18-26(2)20-30(19-25)41(34-21-27(14-16-37-34)36(3,4)5)29-10-9-11-31(22-29)42-35-23-28(15-17-38-35)40-24-39(6)32-12-7-8-13-33(32)40/h7-23H,24H2,1-6H3. The number of ether oxygens (including phenoxy) is 1. The summed E-state index contributed by atoms with van der Waals surface area (Å²) in [5.74, 6) is 2.11. The molecule has 0 aliphatic carbocycles. The van der Waals surface area contributed by atoms with Crippen LogP contribution in [0.5, 0.6) is 11.6 Å². The summed E-state index contributed by atoms with van der Waals surface area (Å²) in [6, 6.07) is 31.4. The Morgan fingerprint density at radius 2 is 1.48 bits per heavy atom. The van der Waals surface area contributed by atoms with Crippen LogP contribution in [-0.2, 0) is 5.41 Å². The van der Waals surface area contributed by atoms with Crippen LogP contribution in [0.3, 0.4) is 0 Å². The van der Waals surface area contributed by atoms with Crippen LogP contribution < -0.4 is 19.4 Å². The molecule has 0 amide bonds. The highest BCUT2D eigenvalue weighted by molar-refractivity contribution is 5.82. The van der Waals surface area contributed by atoms with E-state index in [0.717, 1.165) is 29.5 Å². The van der Waals surface area contributed by atoms with Crippen LogP contribution in [0.4, 0.5) is 34.3 Å². The van der Waals surface area contributed by atoms with Crippen LogP contribution in [0, 0.1) is 13.8 Å². The Morgan fingerprint density at radius 1 is 0.738 bits per heavy atom. The SMILES string of the molecule is Cc1cc(C)cc(N(c2cccc(Oc3cc(N4CN(C)c5ccccc54)ccn3)c2)c2cc(C(C)(C)C)ccn2)c1. The van der Waals surface area contributed by atoms with E-state index in [1.807, 2.05) is 30.5 Å². The van der Waals surface area contributed by atoms with Gasteiger partial charge >= 0.3 is 0 Å². The topological polar surface area (TPSA) is 44.7 Å². The number of benzene rings is 3. The predicted molar refractivity (Wildman–Crippen MR) is 173 cm³/mol. The Labute approximate surface area is 248 Å². The summed E-state index contributed by atoms with van der Waals surface area (Å²) >= 11 is 0. The summed E-state index contributed by atoms with van der Waals surface area (Å²) in [5, 5.41) is 0. The lowest BCUT2D eigenvalue weighted by Crippen LogP contribution is -2.23. The monoisotopic (exact) mass is 555 g/mol. The van der Waals surface area contributed by atoms with Gasteiger partial charge in [-0.1, -0.05) is 45.0 Å². The number of nitrogens with zero attached hydrogens (tertiary/aromatic N) is 5. The van der Waals surface area contributed by atoms with Crippen molar-refractivity contribution < 1.29 is 4.74 Å². The van der Waals surface area contributed by atoms with Gasteiger partial charge in [0.15, 0.2) is 0 Å². The van der Waals surface area contributed by atoms with Crippen molar-refractivity contribution in [3.05, 3.63) is 120 Å². The number of rotatable bonds is 6. The second-order valence-corrected chi connectivity index (χ2v) is 12.0. The summed E-state index contributed by atoms with van der Waals surface area (Å²) in [6.07, 6.45) is 3.70. The van der Waals surface area contributed by atoms with Crippen LogP contribution >= 0.6 is 0 Å². The number of aromatic nitrogens is 2. The molecule has 5 aromatic rings. The van der Waals surface area contributed by atoms with Gasteiger partial charge in [-0.05, 0) is 90.6 Å². The van der Waals surface area contributed by atoms with E-state index in [4.69, 9.17) is 9.72 Å². The first-order valence-corrected chi connectivity index (χ1v) is 14.3. The summed E-state index contributed by atoms with van der Waals surface area (Å²) < 4.78 is 6.38. The minimum Gasteiger partial charge on any atom is -0.439 e. The molecule has 0 atom stereocenters. The van der Waals surface area contributed by atoms with Crippen molar-refractivity contribution >= 4 is 34.3 Å². The number of pyridine rings is 2. The van der Waals surface area contributed by atoms with E-state index in [0.29, 0.717) is 11.6 Å². The van der Waals surface area contributed by atoms with E-state index in [9.17, 15) is 0 Å². The van der Waals surface area contributed by atoms with Gasteiger partial charge in [0.1, 0.15) is 11.6 Å². The third kappa shape index (κ3) is 5.53. The molecule has 6 heteroatoms. The molecule has 1 aliphatic rings. The lowest BCUT2D eigenvalue weighted by molar-refractivity contribution is 0.463. The number of hydrogen-bond acceptors (Lipinski definition) is 6. The molecule has 6 nitrogen and oxygen atoms in total. The van der Waals surface area contributed by atoms with Crippen LogP contribution in [-0.4, -0.2) is 23.7 Å². The quantitative estimate of drug-likeness (QED) is 0.208. The fourth-order valence-corrected chi connectivity index (χ4v) is 5.53. The first-order chi connectivity index (χ1) is 20.2. The largest absolute Gasteiger partial charge is 0.439 e. The first kappa shape index (κ1) is 27.3. The van der Waals surface area contributed by atoms with Crippen molar-refractivity contribution in [3.8, 4) is 11.6 Å². The van der Waals surface area contributed by atoms with Crippen molar-refractivity contribution in [2.24, 2.45) is 0 Å². The molecule has 0 bridgehead atoms. The fourth-order valence-electron chi connectivity index (χ4n) is 5.53. The van der Waals surface area contributed by atoms with Gasteiger partial charge in [-0.3, -0.25) is 4.90 Å². The maximum absolute atomic E-state index is 6.38. The van der Waals surface area contributed by atoms with Gasteiger partial charge in [-0.2, -0.15) is 0 Å². The molecule has 42 heavy (non-hydrogen) atoms. The van der Waals surface area contributed by atoms with E-state index >= 15 is 0 Å². The summed E-state index contributed by atoms with van der Waals surface area (Å²) in [6.45, 7) is 11.7. The lowest BCUT2D eigenvalue weighted by Gasteiger charge is -2.27. The summed E-state index contributed by atoms with van der Waals surface area (Å²) in [7, 11) is 2.11. The molecule has 0 saturated heterocycles. The molecule has 0 spiro atoms. The molecule has 2 aromatic heterocycles. The van der Waals surface area contributed by atoms with Crippen molar-refractivity contribution in [1.29, 1.82) is 0 Å². The second kappa shape index (κ2) is 10.9. The molecule has 6 rings (SSSR count). The average Bonchev–Trinajstić information content (AvgIpc) is 3.29. The Kier molecular flexibility index (Phi) is 7.07. The Balaban J connectivity index is 1.36. The number of hydrogen-bond donors (Lipinski definition) is 0. The maximum atomic E-state index is 6.38. The predicted octanol–water partition coefficient (Wildman–Crippen LogP) is 9.20. The van der Waals surface area contributed by atoms with Gasteiger partial charge in [0, 0.05) is 42.9 Å². The van der Waals surface area contributed by atoms with Crippen molar-refractivity contribution in [1.82, 2.24) is 9.97 Å². The Morgan fingerprint density at radius 3 is 2.24 bits per heavy atom. The molecular weight excluding hydrogens is 518 g/mol. The van der Waals surface area contributed by atoms with Crippen molar-refractivity contribution in [2.75, 3.05) is 28.4 Å². The third-order valence-corrected chi connectivity index (χ3v) is 7.57. The minimum absolute atomic E-state index is 0.00180. The normalized spacial score (nSPS) is 12.8. The zero-order chi connectivity index (χ0) is 29.4. The number of para-hydroxylation sites is 2.